The smallest absolute Gasteiger partial charge is 0.338 e. The molecule has 0 aliphatic carbocycles. The first-order chi connectivity index (χ1) is 12.0. The molecule has 0 radical (unpaired) electrons. The van der Waals surface area contributed by atoms with Gasteiger partial charge in [-0.05, 0) is 37.3 Å². The van der Waals surface area contributed by atoms with Crippen LogP contribution in [0.5, 0.6) is 0 Å². The number of ether oxygens (including phenoxy) is 2. The zero-order valence-electron chi connectivity index (χ0n) is 14.2. The number of rotatable bonds is 3. The van der Waals surface area contributed by atoms with E-state index in [-0.39, 0.29) is 0 Å². The summed E-state index contributed by atoms with van der Waals surface area (Å²) in [5.74, 6) is -0.852. The first-order valence-electron chi connectivity index (χ1n) is 7.72. The number of aryl methyl sites for hydroxylation is 1. The van der Waals surface area contributed by atoms with E-state index in [2.05, 4.69) is 4.98 Å². The van der Waals surface area contributed by atoms with Crippen molar-refractivity contribution in [2.75, 3.05) is 14.2 Å². The van der Waals surface area contributed by atoms with Crippen LogP contribution in [0.3, 0.4) is 0 Å². The van der Waals surface area contributed by atoms with Gasteiger partial charge >= 0.3 is 11.9 Å². The van der Waals surface area contributed by atoms with E-state index >= 15 is 0 Å². The first kappa shape index (κ1) is 16.6. The Morgan fingerprint density at radius 2 is 1.68 bits per heavy atom. The van der Waals surface area contributed by atoms with Gasteiger partial charge in [0.05, 0.1) is 36.6 Å². The second-order valence-corrected chi connectivity index (χ2v) is 5.64. The fourth-order valence-corrected chi connectivity index (χ4v) is 2.69. The van der Waals surface area contributed by atoms with E-state index in [4.69, 9.17) is 9.47 Å². The molecule has 0 fully saturated rings. The molecule has 3 aromatic rings. The van der Waals surface area contributed by atoms with Gasteiger partial charge in [0.1, 0.15) is 0 Å². The Bertz CT molecular complexity index is 979. The summed E-state index contributed by atoms with van der Waals surface area (Å²) in [6.45, 7) is 1.95. The maximum Gasteiger partial charge on any atom is 0.338 e. The van der Waals surface area contributed by atoms with E-state index in [1.165, 1.54) is 14.2 Å². The van der Waals surface area contributed by atoms with Crippen molar-refractivity contribution in [2.24, 2.45) is 0 Å². The van der Waals surface area contributed by atoms with Gasteiger partial charge in [0.2, 0.25) is 0 Å². The van der Waals surface area contributed by atoms with Gasteiger partial charge < -0.3 is 9.47 Å². The number of hydrogen-bond donors (Lipinski definition) is 0. The lowest BCUT2D eigenvalue weighted by molar-refractivity contribution is 0.0592. The van der Waals surface area contributed by atoms with Crippen LogP contribution >= 0.6 is 0 Å². The molecule has 5 nitrogen and oxygen atoms in total. The van der Waals surface area contributed by atoms with Gasteiger partial charge in [-0.1, -0.05) is 23.8 Å². The molecule has 1 heterocycles. The van der Waals surface area contributed by atoms with Crippen molar-refractivity contribution in [3.05, 3.63) is 65.2 Å². The molecule has 0 aliphatic heterocycles. The van der Waals surface area contributed by atoms with E-state index < -0.39 is 11.9 Å². The molecule has 25 heavy (non-hydrogen) atoms. The Balaban J connectivity index is 2.22. The molecule has 3 rings (SSSR count). The van der Waals surface area contributed by atoms with E-state index in [9.17, 15) is 9.59 Å². The molecular weight excluding hydrogens is 318 g/mol. The monoisotopic (exact) mass is 335 g/mol. The second kappa shape index (κ2) is 6.73. The number of methoxy groups -OCH3 is 2. The molecule has 2 aromatic carbocycles. The number of carbonyl (C=O) groups excluding carboxylic acids is 2. The normalized spacial score (nSPS) is 10.5. The van der Waals surface area contributed by atoms with E-state index in [1.54, 1.807) is 24.3 Å². The molecule has 0 spiro atoms. The molecule has 0 N–H and O–H groups in total. The predicted octanol–water partition coefficient (Wildman–Crippen LogP) is 3.78. The van der Waals surface area contributed by atoms with Crippen LogP contribution < -0.4 is 0 Å². The van der Waals surface area contributed by atoms with Crippen LogP contribution in [0.15, 0.2) is 48.5 Å². The Hall–Kier alpha value is -3.21. The van der Waals surface area contributed by atoms with E-state index in [0.717, 1.165) is 16.5 Å². The summed E-state index contributed by atoms with van der Waals surface area (Å²) >= 11 is 0. The molecular formula is C20H17NO4. The molecule has 126 valence electrons. The highest BCUT2D eigenvalue weighted by atomic mass is 16.5. The van der Waals surface area contributed by atoms with Gasteiger partial charge in [0.25, 0.3) is 0 Å². The first-order valence-corrected chi connectivity index (χ1v) is 7.72. The summed E-state index contributed by atoms with van der Waals surface area (Å²) in [6.07, 6.45) is 0. The minimum Gasteiger partial charge on any atom is -0.465 e. The van der Waals surface area contributed by atoms with Gasteiger partial charge in [-0.2, -0.15) is 0 Å². The molecule has 0 atom stereocenters. The number of aromatic nitrogens is 1. The second-order valence-electron chi connectivity index (χ2n) is 5.64. The van der Waals surface area contributed by atoms with Gasteiger partial charge in [0, 0.05) is 10.9 Å². The third-order valence-corrected chi connectivity index (χ3v) is 3.95. The van der Waals surface area contributed by atoms with Crippen LogP contribution in [-0.4, -0.2) is 31.1 Å². The predicted molar refractivity (Wildman–Crippen MR) is 94.6 cm³/mol. The van der Waals surface area contributed by atoms with Crippen molar-refractivity contribution >= 4 is 22.8 Å². The van der Waals surface area contributed by atoms with Gasteiger partial charge in [0.15, 0.2) is 0 Å². The number of benzene rings is 2. The van der Waals surface area contributed by atoms with Gasteiger partial charge in [-0.3, -0.25) is 0 Å². The van der Waals surface area contributed by atoms with Crippen molar-refractivity contribution in [3.63, 3.8) is 0 Å². The molecule has 0 saturated carbocycles. The van der Waals surface area contributed by atoms with Crippen LogP contribution in [0.2, 0.25) is 0 Å². The summed E-state index contributed by atoms with van der Waals surface area (Å²) in [4.78, 5) is 28.6. The van der Waals surface area contributed by atoms with Gasteiger partial charge in [-0.15, -0.1) is 0 Å². The summed E-state index contributed by atoms with van der Waals surface area (Å²) in [5.41, 5.74) is 3.88. The van der Waals surface area contributed by atoms with Crippen LogP contribution in [0, 0.1) is 6.92 Å². The fourth-order valence-electron chi connectivity index (χ4n) is 2.69. The Kier molecular flexibility index (Phi) is 4.48. The van der Waals surface area contributed by atoms with Crippen molar-refractivity contribution < 1.29 is 19.1 Å². The lowest BCUT2D eigenvalue weighted by Gasteiger charge is -2.10. The van der Waals surface area contributed by atoms with Crippen LogP contribution in [-0.2, 0) is 9.47 Å². The minimum atomic E-state index is -0.427. The lowest BCUT2D eigenvalue weighted by Crippen LogP contribution is -2.04. The Labute approximate surface area is 145 Å². The minimum absolute atomic E-state index is 0.422. The maximum atomic E-state index is 12.2. The summed E-state index contributed by atoms with van der Waals surface area (Å²) in [5, 5.41) is 0.736. The molecule has 0 saturated heterocycles. The average molecular weight is 335 g/mol. The van der Waals surface area contributed by atoms with Crippen molar-refractivity contribution in [3.8, 4) is 11.3 Å². The standard InChI is InChI=1S/C20H17NO4/c1-12-7-8-17-15(9-12)16(20(23)25-3)11-18(21-17)13-5-4-6-14(10-13)19(22)24-2/h4-11H,1-3H3. The average Bonchev–Trinajstić information content (AvgIpc) is 2.66. The molecule has 1 aromatic heterocycles. The Morgan fingerprint density at radius 3 is 2.40 bits per heavy atom. The quantitative estimate of drug-likeness (QED) is 0.682. The summed E-state index contributed by atoms with van der Waals surface area (Å²) < 4.78 is 9.67. The molecule has 0 unspecified atom stereocenters. The van der Waals surface area contributed by atoms with Crippen molar-refractivity contribution in [2.45, 2.75) is 6.92 Å². The summed E-state index contributed by atoms with van der Waals surface area (Å²) in [7, 11) is 2.68. The van der Waals surface area contributed by atoms with E-state index in [1.807, 2.05) is 31.2 Å². The van der Waals surface area contributed by atoms with E-state index in [0.29, 0.717) is 22.3 Å². The summed E-state index contributed by atoms with van der Waals surface area (Å²) in [6, 6.07) is 14.3. The van der Waals surface area contributed by atoms with Crippen molar-refractivity contribution in [1.82, 2.24) is 4.98 Å². The zero-order valence-corrected chi connectivity index (χ0v) is 14.2. The third kappa shape index (κ3) is 3.21. The number of pyridine rings is 1. The highest BCUT2D eigenvalue weighted by Crippen LogP contribution is 2.27. The molecule has 0 aliphatic rings. The number of carbonyl (C=O) groups is 2. The molecule has 5 heteroatoms. The number of hydrogen-bond acceptors (Lipinski definition) is 5. The van der Waals surface area contributed by atoms with Gasteiger partial charge in [-0.25, -0.2) is 14.6 Å². The highest BCUT2D eigenvalue weighted by molar-refractivity contribution is 6.05. The largest absolute Gasteiger partial charge is 0.465 e. The van der Waals surface area contributed by atoms with Crippen LogP contribution in [0.25, 0.3) is 22.2 Å². The fraction of sp³-hybridized carbons (Fsp3) is 0.150. The van der Waals surface area contributed by atoms with Crippen molar-refractivity contribution in [1.29, 1.82) is 0 Å². The number of fused-ring (bicyclic) bond motifs is 1. The SMILES string of the molecule is COC(=O)c1cccc(-c2cc(C(=O)OC)c3cc(C)ccc3n2)c1. The maximum absolute atomic E-state index is 12.2. The highest BCUT2D eigenvalue weighted by Gasteiger charge is 2.15. The topological polar surface area (TPSA) is 65.5 Å². The van der Waals surface area contributed by atoms with Crippen LogP contribution in [0.1, 0.15) is 26.3 Å². The zero-order chi connectivity index (χ0) is 18.0. The number of esters is 2. The van der Waals surface area contributed by atoms with Crippen LogP contribution in [0.4, 0.5) is 0 Å². The third-order valence-electron chi connectivity index (χ3n) is 3.95. The Morgan fingerprint density at radius 1 is 0.920 bits per heavy atom. The lowest BCUT2D eigenvalue weighted by atomic mass is 10.0. The number of nitrogens with zero attached hydrogens (tertiary/aromatic N) is 1. The molecule has 0 bridgehead atoms. The molecule has 0 amide bonds.